The van der Waals surface area contributed by atoms with Gasteiger partial charge in [0, 0.05) is 17.8 Å². The van der Waals surface area contributed by atoms with Gasteiger partial charge in [-0.1, -0.05) is 18.2 Å². The van der Waals surface area contributed by atoms with Gasteiger partial charge in [-0.2, -0.15) is 0 Å². The maximum Gasteiger partial charge on any atom is 0.324 e. The number of amides is 4. The van der Waals surface area contributed by atoms with Crippen LogP contribution in [0.25, 0.3) is 0 Å². The van der Waals surface area contributed by atoms with Gasteiger partial charge in [0.2, 0.25) is 5.91 Å². The van der Waals surface area contributed by atoms with Crippen molar-refractivity contribution >= 4 is 39.9 Å². The van der Waals surface area contributed by atoms with E-state index in [0.717, 1.165) is 0 Å². The average Bonchev–Trinajstić information content (AvgIpc) is 3.06. The van der Waals surface area contributed by atoms with Crippen molar-refractivity contribution in [1.29, 1.82) is 0 Å². The van der Waals surface area contributed by atoms with Crippen LogP contribution in [0, 0.1) is 0 Å². The van der Waals surface area contributed by atoms with Crippen LogP contribution in [-0.4, -0.2) is 41.4 Å². The fourth-order valence-electron chi connectivity index (χ4n) is 2.43. The SMILES string of the molecule is CCN(CC(=O)NC(C)(C)C)C(=O)c1ccc(NC(=O)Nc2ccccc2)s1. The van der Waals surface area contributed by atoms with Gasteiger partial charge in [-0.25, -0.2) is 4.79 Å². The first-order chi connectivity index (χ1) is 13.2. The highest BCUT2D eigenvalue weighted by atomic mass is 32.1. The predicted octanol–water partition coefficient (Wildman–Crippen LogP) is 3.77. The van der Waals surface area contributed by atoms with Crippen LogP contribution < -0.4 is 16.0 Å². The fourth-order valence-corrected chi connectivity index (χ4v) is 3.30. The zero-order valence-electron chi connectivity index (χ0n) is 16.5. The summed E-state index contributed by atoms with van der Waals surface area (Å²) in [6.45, 7) is 7.89. The number of hydrogen-bond donors (Lipinski definition) is 3. The summed E-state index contributed by atoms with van der Waals surface area (Å²) in [5.41, 5.74) is 0.320. The topological polar surface area (TPSA) is 90.5 Å². The molecule has 3 N–H and O–H groups in total. The third kappa shape index (κ3) is 6.70. The number of carbonyl (C=O) groups is 3. The maximum atomic E-state index is 12.7. The number of anilines is 2. The lowest BCUT2D eigenvalue weighted by Gasteiger charge is -2.24. The van der Waals surface area contributed by atoms with E-state index in [-0.39, 0.29) is 29.9 Å². The minimum atomic E-state index is -0.385. The zero-order chi connectivity index (χ0) is 20.7. The van der Waals surface area contributed by atoms with Crippen LogP contribution in [0.5, 0.6) is 0 Å². The van der Waals surface area contributed by atoms with E-state index in [9.17, 15) is 14.4 Å². The second-order valence-electron chi connectivity index (χ2n) is 7.23. The van der Waals surface area contributed by atoms with Crippen LogP contribution in [0.3, 0.4) is 0 Å². The van der Waals surface area contributed by atoms with Gasteiger partial charge in [-0.05, 0) is 52.0 Å². The molecule has 0 spiro atoms. The van der Waals surface area contributed by atoms with E-state index in [2.05, 4.69) is 16.0 Å². The Bertz CT molecular complexity index is 827. The Morgan fingerprint density at radius 2 is 1.68 bits per heavy atom. The van der Waals surface area contributed by atoms with E-state index in [1.165, 1.54) is 16.2 Å². The highest BCUT2D eigenvalue weighted by molar-refractivity contribution is 7.18. The summed E-state index contributed by atoms with van der Waals surface area (Å²) in [6, 6.07) is 12.0. The van der Waals surface area contributed by atoms with Crippen LogP contribution >= 0.6 is 11.3 Å². The van der Waals surface area contributed by atoms with Crippen molar-refractivity contribution in [3.8, 4) is 0 Å². The first-order valence-corrected chi connectivity index (χ1v) is 9.83. The summed E-state index contributed by atoms with van der Waals surface area (Å²) in [4.78, 5) is 38.8. The molecule has 0 saturated carbocycles. The summed E-state index contributed by atoms with van der Waals surface area (Å²) in [5, 5.41) is 8.83. The zero-order valence-corrected chi connectivity index (χ0v) is 17.4. The second-order valence-corrected chi connectivity index (χ2v) is 8.31. The van der Waals surface area contributed by atoms with E-state index < -0.39 is 0 Å². The normalized spacial score (nSPS) is 10.9. The average molecular weight is 403 g/mol. The Hall–Kier alpha value is -2.87. The molecule has 0 bridgehead atoms. The van der Waals surface area contributed by atoms with Crippen molar-refractivity contribution in [1.82, 2.24) is 10.2 Å². The van der Waals surface area contributed by atoms with Crippen LogP contribution in [0.15, 0.2) is 42.5 Å². The Morgan fingerprint density at radius 1 is 1.00 bits per heavy atom. The molecule has 1 heterocycles. The highest BCUT2D eigenvalue weighted by Crippen LogP contribution is 2.23. The van der Waals surface area contributed by atoms with Crippen molar-refractivity contribution in [2.75, 3.05) is 23.7 Å². The molecule has 0 aliphatic rings. The number of rotatable bonds is 6. The Kier molecular flexibility index (Phi) is 7.17. The number of benzene rings is 1. The number of thiophene rings is 1. The maximum absolute atomic E-state index is 12.7. The summed E-state index contributed by atoms with van der Waals surface area (Å²) in [7, 11) is 0. The number of nitrogens with zero attached hydrogens (tertiary/aromatic N) is 1. The van der Waals surface area contributed by atoms with Gasteiger partial charge in [0.05, 0.1) is 16.4 Å². The Balaban J connectivity index is 1.96. The van der Waals surface area contributed by atoms with Crippen molar-refractivity contribution in [3.63, 3.8) is 0 Å². The molecule has 0 unspecified atom stereocenters. The number of likely N-dealkylation sites (N-methyl/N-ethyl adjacent to an activating group) is 1. The molecule has 150 valence electrons. The van der Waals surface area contributed by atoms with Crippen LogP contribution in [-0.2, 0) is 4.79 Å². The third-order valence-corrected chi connectivity index (χ3v) is 4.59. The van der Waals surface area contributed by atoms with Gasteiger partial charge in [0.15, 0.2) is 0 Å². The van der Waals surface area contributed by atoms with E-state index in [1.807, 2.05) is 45.9 Å². The molecular formula is C20H26N4O3S. The smallest absolute Gasteiger partial charge is 0.324 e. The predicted molar refractivity (Wildman–Crippen MR) is 113 cm³/mol. The number of para-hydroxylation sites is 1. The number of hydrogen-bond acceptors (Lipinski definition) is 4. The molecule has 2 rings (SSSR count). The number of urea groups is 1. The molecule has 7 nitrogen and oxygen atoms in total. The quantitative estimate of drug-likeness (QED) is 0.687. The molecule has 1 aromatic heterocycles. The molecule has 0 aliphatic heterocycles. The van der Waals surface area contributed by atoms with Crippen molar-refractivity contribution in [3.05, 3.63) is 47.3 Å². The number of nitrogens with one attached hydrogen (secondary N) is 3. The lowest BCUT2D eigenvalue weighted by molar-refractivity contribution is -0.123. The van der Waals surface area contributed by atoms with E-state index in [0.29, 0.717) is 22.1 Å². The Morgan fingerprint density at radius 3 is 2.29 bits per heavy atom. The lowest BCUT2D eigenvalue weighted by Crippen LogP contribution is -2.47. The lowest BCUT2D eigenvalue weighted by atomic mass is 10.1. The standard InChI is InChI=1S/C20H26N4O3S/c1-5-24(13-16(25)23-20(2,3)4)18(26)15-11-12-17(28-15)22-19(27)21-14-9-7-6-8-10-14/h6-12H,5,13H2,1-4H3,(H,23,25)(H2,21,22,27). The summed E-state index contributed by atoms with van der Waals surface area (Å²) in [5.74, 6) is -0.451. The molecule has 4 amide bonds. The summed E-state index contributed by atoms with van der Waals surface area (Å²) < 4.78 is 0. The number of carbonyl (C=O) groups excluding carboxylic acids is 3. The summed E-state index contributed by atoms with van der Waals surface area (Å²) in [6.07, 6.45) is 0. The molecular weight excluding hydrogens is 376 g/mol. The third-order valence-electron chi connectivity index (χ3n) is 3.60. The van der Waals surface area contributed by atoms with E-state index in [4.69, 9.17) is 0 Å². The molecule has 0 atom stereocenters. The first-order valence-electron chi connectivity index (χ1n) is 9.01. The van der Waals surface area contributed by atoms with Crippen molar-refractivity contribution in [2.45, 2.75) is 33.2 Å². The molecule has 8 heteroatoms. The van der Waals surface area contributed by atoms with Crippen LogP contribution in [0.4, 0.5) is 15.5 Å². The Labute approximate surface area is 169 Å². The summed E-state index contributed by atoms with van der Waals surface area (Å²) >= 11 is 1.17. The van der Waals surface area contributed by atoms with Gasteiger partial charge in [0.25, 0.3) is 5.91 Å². The second kappa shape index (κ2) is 9.36. The van der Waals surface area contributed by atoms with Gasteiger partial charge in [-0.15, -0.1) is 11.3 Å². The fraction of sp³-hybridized carbons (Fsp3) is 0.350. The molecule has 2 aromatic rings. The molecule has 28 heavy (non-hydrogen) atoms. The van der Waals surface area contributed by atoms with Crippen LogP contribution in [0.1, 0.15) is 37.4 Å². The van der Waals surface area contributed by atoms with E-state index in [1.54, 1.807) is 24.3 Å². The monoisotopic (exact) mass is 402 g/mol. The largest absolute Gasteiger partial charge is 0.350 e. The van der Waals surface area contributed by atoms with Gasteiger partial charge in [0.1, 0.15) is 0 Å². The van der Waals surface area contributed by atoms with Gasteiger partial charge in [-0.3, -0.25) is 14.9 Å². The van der Waals surface area contributed by atoms with E-state index >= 15 is 0 Å². The van der Waals surface area contributed by atoms with Crippen molar-refractivity contribution < 1.29 is 14.4 Å². The molecule has 0 fully saturated rings. The molecule has 1 aromatic carbocycles. The molecule has 0 aliphatic carbocycles. The van der Waals surface area contributed by atoms with Crippen molar-refractivity contribution in [2.24, 2.45) is 0 Å². The highest BCUT2D eigenvalue weighted by Gasteiger charge is 2.21. The molecule has 0 saturated heterocycles. The van der Waals surface area contributed by atoms with Gasteiger partial charge >= 0.3 is 6.03 Å². The molecule has 0 radical (unpaired) electrons. The van der Waals surface area contributed by atoms with Gasteiger partial charge < -0.3 is 15.5 Å². The van der Waals surface area contributed by atoms with Crippen LogP contribution in [0.2, 0.25) is 0 Å². The first kappa shape index (κ1) is 21.4. The minimum Gasteiger partial charge on any atom is -0.350 e. The minimum absolute atomic E-state index is 0.0121.